The van der Waals surface area contributed by atoms with Gasteiger partial charge in [-0.15, -0.1) is 0 Å². The Labute approximate surface area is 109 Å². The van der Waals surface area contributed by atoms with Crippen LogP contribution < -0.4 is 10.5 Å². The minimum Gasteiger partial charge on any atom is -0.492 e. The molecule has 0 aliphatic carbocycles. The highest BCUT2D eigenvalue weighted by Crippen LogP contribution is 2.27. The molecule has 0 fully saturated rings. The van der Waals surface area contributed by atoms with E-state index < -0.39 is 0 Å². The summed E-state index contributed by atoms with van der Waals surface area (Å²) in [7, 11) is 0. The zero-order valence-electron chi connectivity index (χ0n) is 10.5. The largest absolute Gasteiger partial charge is 0.492 e. The Bertz CT molecular complexity index is 688. The first-order chi connectivity index (χ1) is 9.29. The van der Waals surface area contributed by atoms with Gasteiger partial charge in [-0.25, -0.2) is 4.98 Å². The molecule has 0 atom stereocenters. The van der Waals surface area contributed by atoms with Crippen molar-refractivity contribution in [2.24, 2.45) is 0 Å². The Kier molecular flexibility index (Phi) is 2.83. The van der Waals surface area contributed by atoms with Crippen molar-refractivity contribution in [1.82, 2.24) is 14.7 Å². The first kappa shape index (κ1) is 11.6. The molecule has 0 radical (unpaired) electrons. The van der Waals surface area contributed by atoms with Crippen molar-refractivity contribution in [3.63, 3.8) is 0 Å². The summed E-state index contributed by atoms with van der Waals surface area (Å²) in [5.41, 5.74) is 8.46. The summed E-state index contributed by atoms with van der Waals surface area (Å²) in [4.78, 5) is 4.37. The van der Waals surface area contributed by atoms with Gasteiger partial charge in [-0.3, -0.25) is 0 Å². The molecule has 0 aliphatic heterocycles. The second kappa shape index (κ2) is 4.64. The summed E-state index contributed by atoms with van der Waals surface area (Å²) in [5, 5.41) is 3.89. The molecule has 0 aliphatic rings. The Balaban J connectivity index is 2.09. The molecular formula is C13H14N4O2. The van der Waals surface area contributed by atoms with Crippen LogP contribution in [0, 0.1) is 0 Å². The third-order valence-electron chi connectivity index (χ3n) is 2.88. The Hall–Kier alpha value is -2.50. The smallest absolute Gasteiger partial charge is 0.201 e. The van der Waals surface area contributed by atoms with Gasteiger partial charge in [0.1, 0.15) is 23.2 Å². The predicted octanol–water partition coefficient (Wildman–Crippen LogP) is 2.05. The lowest BCUT2D eigenvalue weighted by Gasteiger charge is -2.05. The number of fused-ring (bicyclic) bond motifs is 1. The molecule has 6 nitrogen and oxygen atoms in total. The predicted molar refractivity (Wildman–Crippen MR) is 70.9 cm³/mol. The summed E-state index contributed by atoms with van der Waals surface area (Å²) in [6, 6.07) is 7.57. The van der Waals surface area contributed by atoms with Gasteiger partial charge in [0.05, 0.1) is 18.7 Å². The van der Waals surface area contributed by atoms with E-state index in [1.165, 1.54) is 6.26 Å². The first-order valence-corrected chi connectivity index (χ1v) is 6.06. The lowest BCUT2D eigenvalue weighted by atomic mass is 10.3. The number of nitrogens with zero attached hydrogens (tertiary/aromatic N) is 3. The molecule has 2 aromatic heterocycles. The molecule has 2 N–H and O–H groups in total. The molecule has 0 saturated heterocycles. The van der Waals surface area contributed by atoms with Crippen LogP contribution in [0.15, 0.2) is 35.1 Å². The maximum atomic E-state index is 5.97. The molecule has 0 spiro atoms. The number of hydrogen-bond donors (Lipinski definition) is 1. The number of benzene rings is 1. The summed E-state index contributed by atoms with van der Waals surface area (Å²) < 4.78 is 12.3. The van der Waals surface area contributed by atoms with E-state index in [4.69, 9.17) is 15.0 Å². The summed E-state index contributed by atoms with van der Waals surface area (Å²) in [6.07, 6.45) is 1.54. The number of nitrogens with two attached hydrogens (primary N) is 1. The van der Waals surface area contributed by atoms with E-state index in [1.807, 2.05) is 29.7 Å². The SMILES string of the molecule is CCOc1cccc2c1nc(N)n2Cc1ccon1. The number of ether oxygens (including phenoxy) is 1. The van der Waals surface area contributed by atoms with Crippen LogP contribution in [-0.2, 0) is 6.54 Å². The van der Waals surface area contributed by atoms with Crippen LogP contribution in [0.4, 0.5) is 5.95 Å². The molecular weight excluding hydrogens is 244 g/mol. The average Bonchev–Trinajstić information content (AvgIpc) is 3.01. The number of hydrogen-bond acceptors (Lipinski definition) is 5. The van der Waals surface area contributed by atoms with E-state index in [-0.39, 0.29) is 0 Å². The van der Waals surface area contributed by atoms with Crippen molar-refractivity contribution in [1.29, 1.82) is 0 Å². The van der Waals surface area contributed by atoms with Crippen molar-refractivity contribution in [2.75, 3.05) is 12.3 Å². The van der Waals surface area contributed by atoms with E-state index in [0.29, 0.717) is 19.1 Å². The normalized spacial score (nSPS) is 11.0. The van der Waals surface area contributed by atoms with E-state index in [2.05, 4.69) is 10.1 Å². The maximum Gasteiger partial charge on any atom is 0.201 e. The van der Waals surface area contributed by atoms with E-state index in [0.717, 1.165) is 22.5 Å². The van der Waals surface area contributed by atoms with Gasteiger partial charge in [0.25, 0.3) is 0 Å². The fourth-order valence-corrected chi connectivity index (χ4v) is 2.06. The van der Waals surface area contributed by atoms with E-state index in [1.54, 1.807) is 6.07 Å². The minimum atomic E-state index is 0.435. The third kappa shape index (κ3) is 2.01. The van der Waals surface area contributed by atoms with Crippen molar-refractivity contribution < 1.29 is 9.26 Å². The molecule has 2 heterocycles. The number of rotatable bonds is 4. The number of nitrogen functional groups attached to an aromatic ring is 1. The van der Waals surface area contributed by atoms with Gasteiger partial charge in [-0.05, 0) is 19.1 Å². The zero-order chi connectivity index (χ0) is 13.2. The molecule has 0 amide bonds. The second-order valence-electron chi connectivity index (χ2n) is 4.10. The molecule has 19 heavy (non-hydrogen) atoms. The summed E-state index contributed by atoms with van der Waals surface area (Å²) >= 11 is 0. The van der Waals surface area contributed by atoms with Crippen molar-refractivity contribution >= 4 is 17.0 Å². The number of para-hydroxylation sites is 1. The van der Waals surface area contributed by atoms with Crippen LogP contribution in [-0.4, -0.2) is 21.3 Å². The monoisotopic (exact) mass is 258 g/mol. The lowest BCUT2D eigenvalue weighted by Crippen LogP contribution is -2.04. The van der Waals surface area contributed by atoms with Crippen LogP contribution in [0.3, 0.4) is 0 Å². The molecule has 0 bridgehead atoms. The van der Waals surface area contributed by atoms with Crippen molar-refractivity contribution in [2.45, 2.75) is 13.5 Å². The van der Waals surface area contributed by atoms with Gasteiger partial charge in [0.2, 0.25) is 5.95 Å². The van der Waals surface area contributed by atoms with Gasteiger partial charge >= 0.3 is 0 Å². The van der Waals surface area contributed by atoms with Gasteiger partial charge in [0, 0.05) is 6.07 Å². The highest BCUT2D eigenvalue weighted by Gasteiger charge is 2.13. The standard InChI is InChI=1S/C13H14N4O2/c1-2-18-11-5-3-4-10-12(11)15-13(14)17(10)8-9-6-7-19-16-9/h3-7H,2,8H2,1H3,(H2,14,15). The summed E-state index contributed by atoms with van der Waals surface area (Å²) in [5.74, 6) is 1.18. The quantitative estimate of drug-likeness (QED) is 0.774. The Morgan fingerprint density at radius 2 is 2.26 bits per heavy atom. The van der Waals surface area contributed by atoms with Crippen LogP contribution in [0.1, 0.15) is 12.6 Å². The zero-order valence-corrected chi connectivity index (χ0v) is 10.5. The first-order valence-electron chi connectivity index (χ1n) is 6.06. The molecule has 3 rings (SSSR count). The molecule has 0 unspecified atom stereocenters. The number of aromatic nitrogens is 3. The van der Waals surface area contributed by atoms with E-state index >= 15 is 0 Å². The second-order valence-corrected chi connectivity index (χ2v) is 4.10. The summed E-state index contributed by atoms with van der Waals surface area (Å²) in [6.45, 7) is 3.05. The highest BCUT2D eigenvalue weighted by atomic mass is 16.5. The number of imidazole rings is 1. The van der Waals surface area contributed by atoms with E-state index in [9.17, 15) is 0 Å². The van der Waals surface area contributed by atoms with Gasteiger partial charge in [-0.1, -0.05) is 11.2 Å². The molecule has 0 saturated carbocycles. The van der Waals surface area contributed by atoms with Gasteiger partial charge in [0.15, 0.2) is 0 Å². The van der Waals surface area contributed by atoms with Crippen molar-refractivity contribution in [3.8, 4) is 5.75 Å². The highest BCUT2D eigenvalue weighted by molar-refractivity contribution is 5.84. The Morgan fingerprint density at radius 3 is 3.00 bits per heavy atom. The molecule has 98 valence electrons. The molecule has 6 heteroatoms. The maximum absolute atomic E-state index is 5.97. The fourth-order valence-electron chi connectivity index (χ4n) is 2.06. The van der Waals surface area contributed by atoms with Crippen LogP contribution in [0.25, 0.3) is 11.0 Å². The fraction of sp³-hybridized carbons (Fsp3) is 0.231. The molecule has 3 aromatic rings. The van der Waals surface area contributed by atoms with Gasteiger partial charge in [-0.2, -0.15) is 0 Å². The van der Waals surface area contributed by atoms with Crippen LogP contribution >= 0.6 is 0 Å². The topological polar surface area (TPSA) is 79.1 Å². The number of anilines is 1. The van der Waals surface area contributed by atoms with Crippen LogP contribution in [0.5, 0.6) is 5.75 Å². The van der Waals surface area contributed by atoms with Gasteiger partial charge < -0.3 is 19.6 Å². The average molecular weight is 258 g/mol. The third-order valence-corrected chi connectivity index (χ3v) is 2.88. The Morgan fingerprint density at radius 1 is 1.37 bits per heavy atom. The lowest BCUT2D eigenvalue weighted by molar-refractivity contribution is 0.343. The minimum absolute atomic E-state index is 0.435. The molecule has 1 aromatic carbocycles. The van der Waals surface area contributed by atoms with Crippen molar-refractivity contribution in [3.05, 3.63) is 36.2 Å². The van der Waals surface area contributed by atoms with Crippen LogP contribution in [0.2, 0.25) is 0 Å².